The molecule has 48 valence electrons. The van der Waals surface area contributed by atoms with Gasteiger partial charge in [-0.15, -0.1) is 0 Å². The Balaban J connectivity index is 0.000000405. The first-order valence-corrected chi connectivity index (χ1v) is 2.73. The lowest BCUT2D eigenvalue weighted by atomic mass is 9.88. The van der Waals surface area contributed by atoms with E-state index < -0.39 is 0 Å². The second kappa shape index (κ2) is 1.85. The molecule has 0 radical (unpaired) electrons. The topological polar surface area (TPSA) is 26.0 Å². The van der Waals surface area contributed by atoms with Gasteiger partial charge in [-0.1, -0.05) is 31.7 Å². The normalized spacial score (nSPS) is 13.9. The van der Waals surface area contributed by atoms with Crippen molar-refractivity contribution in [3.8, 4) is 0 Å². The van der Waals surface area contributed by atoms with Gasteiger partial charge < -0.3 is 5.73 Å². The summed E-state index contributed by atoms with van der Waals surface area (Å²) >= 11 is 0. The summed E-state index contributed by atoms with van der Waals surface area (Å²) in [6, 6.07) is 8.49. The number of hydrogen-bond acceptors (Lipinski definition) is 1. The Morgan fingerprint density at radius 2 is 1.78 bits per heavy atom. The van der Waals surface area contributed by atoms with Gasteiger partial charge >= 0.3 is 0 Å². The second-order valence-corrected chi connectivity index (χ2v) is 2.15. The van der Waals surface area contributed by atoms with Gasteiger partial charge in [0.15, 0.2) is 0 Å². The van der Waals surface area contributed by atoms with Crippen molar-refractivity contribution in [2.24, 2.45) is 5.73 Å². The van der Waals surface area contributed by atoms with Gasteiger partial charge in [-0.05, 0) is 11.1 Å². The number of hydrogen-bond donors (Lipinski definition) is 1. The maximum absolute atomic E-state index is 5.64. The highest BCUT2D eigenvalue weighted by Gasteiger charge is 2.17. The molecule has 0 saturated heterocycles. The van der Waals surface area contributed by atoms with Crippen LogP contribution in [0, 0.1) is 0 Å². The van der Waals surface area contributed by atoms with Crippen molar-refractivity contribution in [1.82, 2.24) is 0 Å². The van der Waals surface area contributed by atoms with Crippen molar-refractivity contribution in [2.45, 2.75) is 13.5 Å². The first kappa shape index (κ1) is 6.30. The molecule has 2 aliphatic carbocycles. The predicted molar refractivity (Wildman–Crippen MR) is 39.2 cm³/mol. The van der Waals surface area contributed by atoms with Gasteiger partial charge in [-0.3, -0.25) is 0 Å². The van der Waals surface area contributed by atoms with E-state index in [4.69, 9.17) is 5.73 Å². The molecule has 0 aromatic heterocycles. The van der Waals surface area contributed by atoms with Crippen molar-refractivity contribution in [2.75, 3.05) is 0 Å². The number of benzene rings is 1. The molecule has 0 saturated carbocycles. The van der Waals surface area contributed by atoms with Crippen LogP contribution in [0.3, 0.4) is 0 Å². The van der Waals surface area contributed by atoms with Crippen molar-refractivity contribution in [3.63, 3.8) is 0 Å². The number of fused-ring (bicyclic) bond motifs is 2. The number of rotatable bonds is 0. The molecule has 9 heavy (non-hydrogen) atoms. The third-order valence-electron chi connectivity index (χ3n) is 1.63. The summed E-state index contributed by atoms with van der Waals surface area (Å²) in [5, 5.41) is 0. The van der Waals surface area contributed by atoms with Crippen LogP contribution in [0.15, 0.2) is 24.3 Å². The lowest BCUT2D eigenvalue weighted by molar-refractivity contribution is 0.810. The third-order valence-corrected chi connectivity index (χ3v) is 1.63. The maximum Gasteiger partial charge on any atom is 0.0551 e. The highest BCUT2D eigenvalue weighted by molar-refractivity contribution is 5.42. The molecule has 0 aliphatic heterocycles. The predicted octanol–water partition coefficient (Wildman–Crippen LogP) is 1.68. The summed E-state index contributed by atoms with van der Waals surface area (Å²) in [6.45, 7) is 0. The Morgan fingerprint density at radius 1 is 1.22 bits per heavy atom. The van der Waals surface area contributed by atoms with E-state index in [2.05, 4.69) is 18.2 Å². The van der Waals surface area contributed by atoms with E-state index in [0.717, 1.165) is 0 Å². The Labute approximate surface area is 55.5 Å². The van der Waals surface area contributed by atoms with E-state index in [0.29, 0.717) is 0 Å². The van der Waals surface area contributed by atoms with Gasteiger partial charge in [0.2, 0.25) is 0 Å². The largest absolute Gasteiger partial charge is 0.320 e. The van der Waals surface area contributed by atoms with E-state index in [1.54, 1.807) is 0 Å². The molecule has 0 atom stereocenters. The molecule has 2 bridgehead atoms. The fourth-order valence-corrected chi connectivity index (χ4v) is 1.04. The molecule has 0 unspecified atom stereocenters. The molecule has 0 amide bonds. The molecule has 1 aromatic rings. The smallest absolute Gasteiger partial charge is 0.0551 e. The molecule has 0 heterocycles. The zero-order valence-corrected chi connectivity index (χ0v) is 4.46. The molecule has 0 spiro atoms. The molecule has 1 heteroatoms. The van der Waals surface area contributed by atoms with Crippen LogP contribution < -0.4 is 5.73 Å². The van der Waals surface area contributed by atoms with Gasteiger partial charge in [0.25, 0.3) is 0 Å². The van der Waals surface area contributed by atoms with E-state index in [-0.39, 0.29) is 13.5 Å². The Kier molecular flexibility index (Phi) is 1.29. The lowest BCUT2D eigenvalue weighted by Crippen LogP contribution is -2.19. The zero-order chi connectivity index (χ0) is 5.56. The van der Waals surface area contributed by atoms with Crippen LogP contribution >= 0.6 is 0 Å². The van der Waals surface area contributed by atoms with E-state index >= 15 is 0 Å². The fraction of sp³-hybridized carbons (Fsp3) is 0.250. The number of nitrogens with two attached hydrogens (primary N) is 1. The fourth-order valence-electron chi connectivity index (χ4n) is 1.04. The third kappa shape index (κ3) is 0.653. The van der Waals surface area contributed by atoms with Crippen molar-refractivity contribution >= 4 is 0 Å². The van der Waals surface area contributed by atoms with Crippen LogP contribution in [0.5, 0.6) is 0 Å². The van der Waals surface area contributed by atoms with Crippen molar-refractivity contribution in [1.29, 1.82) is 0 Å². The Morgan fingerprint density at radius 3 is 2.00 bits per heavy atom. The molecule has 3 rings (SSSR count). The van der Waals surface area contributed by atoms with E-state index in [1.807, 2.05) is 6.07 Å². The lowest BCUT2D eigenvalue weighted by Gasteiger charge is -2.22. The molecule has 0 fully saturated rings. The SMILES string of the molecule is C.NC1c2cccc1c2. The maximum atomic E-state index is 5.64. The van der Waals surface area contributed by atoms with Crippen LogP contribution in [0.4, 0.5) is 0 Å². The molecular weight excluding hydrogens is 110 g/mol. The Bertz CT molecular complexity index is 191. The van der Waals surface area contributed by atoms with Gasteiger partial charge in [0.05, 0.1) is 6.04 Å². The summed E-state index contributed by atoms with van der Waals surface area (Å²) in [4.78, 5) is 0. The first-order valence-electron chi connectivity index (χ1n) is 2.73. The van der Waals surface area contributed by atoms with Crippen molar-refractivity contribution in [3.05, 3.63) is 35.4 Å². The van der Waals surface area contributed by atoms with Crippen LogP contribution in [-0.4, -0.2) is 0 Å². The second-order valence-electron chi connectivity index (χ2n) is 2.15. The van der Waals surface area contributed by atoms with Gasteiger partial charge in [-0.25, -0.2) is 0 Å². The summed E-state index contributed by atoms with van der Waals surface area (Å²) in [7, 11) is 0. The quantitative estimate of drug-likeness (QED) is 0.555. The highest BCUT2D eigenvalue weighted by atomic mass is 14.7. The standard InChI is InChI=1S/C7H7N.CH4/c8-7-5-2-1-3-6(7)4-5;/h1-4,7H,8H2;1H4. The van der Waals surface area contributed by atoms with E-state index in [1.165, 1.54) is 11.1 Å². The molecule has 2 N–H and O–H groups in total. The minimum Gasteiger partial charge on any atom is -0.320 e. The van der Waals surface area contributed by atoms with Crippen LogP contribution in [0.2, 0.25) is 0 Å². The zero-order valence-electron chi connectivity index (χ0n) is 4.46. The summed E-state index contributed by atoms with van der Waals surface area (Å²) in [5.74, 6) is 0. The Hall–Kier alpha value is -0.820. The highest BCUT2D eigenvalue weighted by Crippen LogP contribution is 2.29. The monoisotopic (exact) mass is 121 g/mol. The summed E-state index contributed by atoms with van der Waals surface area (Å²) in [6.07, 6.45) is 0. The minimum atomic E-state index is 0. The summed E-state index contributed by atoms with van der Waals surface area (Å²) in [5.41, 5.74) is 8.17. The van der Waals surface area contributed by atoms with Gasteiger partial charge in [0, 0.05) is 0 Å². The summed E-state index contributed by atoms with van der Waals surface area (Å²) < 4.78 is 0. The molecular formula is C8H11N. The van der Waals surface area contributed by atoms with Gasteiger partial charge in [0.1, 0.15) is 0 Å². The van der Waals surface area contributed by atoms with Gasteiger partial charge in [-0.2, -0.15) is 0 Å². The minimum absolute atomic E-state index is 0. The van der Waals surface area contributed by atoms with Crippen LogP contribution in [0.1, 0.15) is 24.6 Å². The average molecular weight is 121 g/mol. The first-order chi connectivity index (χ1) is 3.88. The van der Waals surface area contributed by atoms with Crippen LogP contribution in [0.25, 0.3) is 0 Å². The van der Waals surface area contributed by atoms with E-state index in [9.17, 15) is 0 Å². The average Bonchev–Trinajstić information content (AvgIpc) is 1.89. The van der Waals surface area contributed by atoms with Crippen molar-refractivity contribution < 1.29 is 0 Å². The van der Waals surface area contributed by atoms with Crippen LogP contribution in [-0.2, 0) is 0 Å². The molecule has 1 aromatic carbocycles. The molecule has 1 nitrogen and oxygen atoms in total. The molecule has 2 aliphatic rings.